The SMILES string of the molecule is Cc1cc(Nc2nc3c(cc2C(N)=S)CCC3)ccc1F. The zero-order valence-corrected chi connectivity index (χ0v) is 12.6. The number of aromatic nitrogens is 1. The number of thiocarbonyl (C=S) groups is 1. The number of aryl methyl sites for hydroxylation is 3. The number of hydrogen-bond acceptors (Lipinski definition) is 3. The van der Waals surface area contributed by atoms with Crippen molar-refractivity contribution >= 4 is 28.7 Å². The molecule has 0 bridgehead atoms. The third kappa shape index (κ3) is 2.74. The summed E-state index contributed by atoms with van der Waals surface area (Å²) in [6.45, 7) is 1.73. The molecule has 5 heteroatoms. The van der Waals surface area contributed by atoms with Crippen molar-refractivity contribution in [2.24, 2.45) is 5.73 Å². The molecule has 108 valence electrons. The molecule has 2 aromatic rings. The lowest BCUT2D eigenvalue weighted by atomic mass is 10.1. The minimum atomic E-state index is -0.225. The van der Waals surface area contributed by atoms with Crippen LogP contribution in [0.5, 0.6) is 0 Å². The van der Waals surface area contributed by atoms with Gasteiger partial charge in [0, 0.05) is 11.4 Å². The molecule has 0 saturated heterocycles. The van der Waals surface area contributed by atoms with Crippen LogP contribution in [-0.2, 0) is 12.8 Å². The number of halogens is 1. The summed E-state index contributed by atoms with van der Waals surface area (Å²) < 4.78 is 13.3. The molecule has 0 radical (unpaired) electrons. The highest BCUT2D eigenvalue weighted by molar-refractivity contribution is 7.80. The van der Waals surface area contributed by atoms with Crippen molar-refractivity contribution in [1.82, 2.24) is 4.98 Å². The Kier molecular flexibility index (Phi) is 3.59. The van der Waals surface area contributed by atoms with Crippen molar-refractivity contribution in [2.45, 2.75) is 26.2 Å². The Morgan fingerprint density at radius 1 is 1.33 bits per heavy atom. The van der Waals surface area contributed by atoms with Crippen LogP contribution in [-0.4, -0.2) is 9.97 Å². The first kappa shape index (κ1) is 13.9. The van der Waals surface area contributed by atoms with Gasteiger partial charge in [-0.05, 0) is 61.6 Å². The summed E-state index contributed by atoms with van der Waals surface area (Å²) in [6.07, 6.45) is 3.11. The van der Waals surface area contributed by atoms with E-state index < -0.39 is 0 Å². The van der Waals surface area contributed by atoms with Gasteiger partial charge in [-0.25, -0.2) is 9.37 Å². The number of anilines is 2. The minimum absolute atomic E-state index is 0.225. The molecule has 1 aliphatic rings. The van der Waals surface area contributed by atoms with Crippen LogP contribution in [0.1, 0.15) is 28.8 Å². The van der Waals surface area contributed by atoms with Crippen LogP contribution in [0.2, 0.25) is 0 Å². The molecule has 3 rings (SSSR count). The van der Waals surface area contributed by atoms with Crippen molar-refractivity contribution in [3.8, 4) is 0 Å². The van der Waals surface area contributed by atoms with Crippen LogP contribution in [0.25, 0.3) is 0 Å². The molecule has 1 aromatic heterocycles. The summed E-state index contributed by atoms with van der Waals surface area (Å²) in [7, 11) is 0. The van der Waals surface area contributed by atoms with Crippen molar-refractivity contribution in [3.05, 3.63) is 52.5 Å². The van der Waals surface area contributed by atoms with Crippen LogP contribution >= 0.6 is 12.2 Å². The minimum Gasteiger partial charge on any atom is -0.389 e. The van der Waals surface area contributed by atoms with Crippen molar-refractivity contribution in [1.29, 1.82) is 0 Å². The van der Waals surface area contributed by atoms with E-state index in [-0.39, 0.29) is 5.82 Å². The second-order valence-corrected chi connectivity index (χ2v) is 5.74. The van der Waals surface area contributed by atoms with Crippen LogP contribution in [0, 0.1) is 12.7 Å². The first-order valence-corrected chi connectivity index (χ1v) is 7.31. The van der Waals surface area contributed by atoms with E-state index in [9.17, 15) is 4.39 Å². The molecule has 3 N–H and O–H groups in total. The summed E-state index contributed by atoms with van der Waals surface area (Å²) in [6, 6.07) is 6.88. The Labute approximate surface area is 128 Å². The van der Waals surface area contributed by atoms with E-state index in [0.717, 1.165) is 36.2 Å². The van der Waals surface area contributed by atoms with E-state index in [0.29, 0.717) is 16.4 Å². The Balaban J connectivity index is 2.01. The number of nitrogens with one attached hydrogen (secondary N) is 1. The molecule has 1 heterocycles. The lowest BCUT2D eigenvalue weighted by Crippen LogP contribution is -2.14. The number of fused-ring (bicyclic) bond motifs is 1. The second-order valence-electron chi connectivity index (χ2n) is 5.30. The maximum Gasteiger partial charge on any atom is 0.140 e. The molecule has 0 aliphatic heterocycles. The largest absolute Gasteiger partial charge is 0.389 e. The molecule has 0 saturated carbocycles. The van der Waals surface area contributed by atoms with E-state index in [1.165, 1.54) is 11.6 Å². The lowest BCUT2D eigenvalue weighted by molar-refractivity contribution is 0.619. The molecular formula is C16H16FN3S. The quantitative estimate of drug-likeness (QED) is 0.853. The van der Waals surface area contributed by atoms with Gasteiger partial charge in [-0.15, -0.1) is 0 Å². The van der Waals surface area contributed by atoms with Gasteiger partial charge < -0.3 is 11.1 Å². The number of nitrogens with zero attached hydrogens (tertiary/aromatic N) is 1. The van der Waals surface area contributed by atoms with Crippen LogP contribution in [0.15, 0.2) is 24.3 Å². The van der Waals surface area contributed by atoms with Gasteiger partial charge in [-0.1, -0.05) is 12.2 Å². The smallest absolute Gasteiger partial charge is 0.140 e. The lowest BCUT2D eigenvalue weighted by Gasteiger charge is -2.13. The van der Waals surface area contributed by atoms with E-state index >= 15 is 0 Å². The van der Waals surface area contributed by atoms with Gasteiger partial charge in [0.25, 0.3) is 0 Å². The highest BCUT2D eigenvalue weighted by atomic mass is 32.1. The van der Waals surface area contributed by atoms with Crippen molar-refractivity contribution in [3.63, 3.8) is 0 Å². The Morgan fingerprint density at radius 2 is 2.14 bits per heavy atom. The van der Waals surface area contributed by atoms with E-state index in [2.05, 4.69) is 10.3 Å². The fourth-order valence-electron chi connectivity index (χ4n) is 2.61. The van der Waals surface area contributed by atoms with E-state index in [1.807, 2.05) is 6.07 Å². The van der Waals surface area contributed by atoms with Crippen molar-refractivity contribution in [2.75, 3.05) is 5.32 Å². The second kappa shape index (κ2) is 5.41. The third-order valence-corrected chi connectivity index (χ3v) is 3.96. The number of pyridine rings is 1. The molecule has 0 atom stereocenters. The highest BCUT2D eigenvalue weighted by Gasteiger charge is 2.17. The Morgan fingerprint density at radius 3 is 2.86 bits per heavy atom. The number of benzene rings is 1. The number of nitrogens with two attached hydrogens (primary N) is 1. The van der Waals surface area contributed by atoms with Crippen LogP contribution in [0.3, 0.4) is 0 Å². The first-order chi connectivity index (χ1) is 10.0. The maximum atomic E-state index is 13.3. The summed E-state index contributed by atoms with van der Waals surface area (Å²) in [5.41, 5.74) is 10.2. The molecule has 1 aliphatic carbocycles. The molecular weight excluding hydrogens is 285 g/mol. The standard InChI is InChI=1S/C16H16FN3S/c1-9-7-11(5-6-13(9)17)19-16-12(15(18)21)8-10-3-2-4-14(10)20-16/h5-8H,2-4H2,1H3,(H2,18,21)(H,19,20). The Hall–Kier alpha value is -2.01. The third-order valence-electron chi connectivity index (χ3n) is 3.74. The number of hydrogen-bond donors (Lipinski definition) is 2. The van der Waals surface area contributed by atoms with Gasteiger partial charge in [0.1, 0.15) is 16.6 Å². The molecule has 0 amide bonds. The van der Waals surface area contributed by atoms with Gasteiger partial charge in [0.05, 0.1) is 5.56 Å². The summed E-state index contributed by atoms with van der Waals surface area (Å²) in [5, 5.41) is 3.21. The molecule has 0 spiro atoms. The average molecular weight is 301 g/mol. The fourth-order valence-corrected chi connectivity index (χ4v) is 2.77. The molecule has 0 unspecified atom stereocenters. The monoisotopic (exact) mass is 301 g/mol. The normalized spacial score (nSPS) is 13.0. The first-order valence-electron chi connectivity index (χ1n) is 6.90. The van der Waals surface area contributed by atoms with Crippen LogP contribution < -0.4 is 11.1 Å². The molecule has 21 heavy (non-hydrogen) atoms. The topological polar surface area (TPSA) is 50.9 Å². The van der Waals surface area contributed by atoms with E-state index in [1.54, 1.807) is 19.1 Å². The predicted octanol–water partition coefficient (Wildman–Crippen LogP) is 3.40. The van der Waals surface area contributed by atoms with Crippen molar-refractivity contribution < 1.29 is 4.39 Å². The van der Waals surface area contributed by atoms with Gasteiger partial charge in [0.2, 0.25) is 0 Å². The zero-order valence-electron chi connectivity index (χ0n) is 11.7. The molecule has 1 aromatic carbocycles. The predicted molar refractivity (Wildman–Crippen MR) is 86.6 cm³/mol. The maximum absolute atomic E-state index is 13.3. The summed E-state index contributed by atoms with van der Waals surface area (Å²) in [4.78, 5) is 4.97. The van der Waals surface area contributed by atoms with Gasteiger partial charge in [-0.3, -0.25) is 0 Å². The van der Waals surface area contributed by atoms with Crippen LogP contribution in [0.4, 0.5) is 15.9 Å². The zero-order chi connectivity index (χ0) is 15.0. The highest BCUT2D eigenvalue weighted by Crippen LogP contribution is 2.27. The Bertz CT molecular complexity index is 728. The summed E-state index contributed by atoms with van der Waals surface area (Å²) in [5.74, 6) is 0.422. The molecule has 0 fully saturated rings. The summed E-state index contributed by atoms with van der Waals surface area (Å²) >= 11 is 5.12. The fraction of sp³-hybridized carbons (Fsp3) is 0.250. The van der Waals surface area contributed by atoms with E-state index in [4.69, 9.17) is 18.0 Å². The molecule has 3 nitrogen and oxygen atoms in total. The average Bonchev–Trinajstić information content (AvgIpc) is 2.89. The number of rotatable bonds is 3. The van der Waals surface area contributed by atoms with Gasteiger partial charge in [0.15, 0.2) is 0 Å². The van der Waals surface area contributed by atoms with Gasteiger partial charge in [-0.2, -0.15) is 0 Å². The van der Waals surface area contributed by atoms with Gasteiger partial charge >= 0.3 is 0 Å².